The van der Waals surface area contributed by atoms with Gasteiger partial charge in [0.2, 0.25) is 5.88 Å². The number of rotatable bonds is 6. The second-order valence-corrected chi connectivity index (χ2v) is 3.96. The first-order chi connectivity index (χ1) is 7.61. The monoisotopic (exact) mass is 224 g/mol. The Balaban J connectivity index is 2.53. The third-order valence-electron chi connectivity index (χ3n) is 2.04. The van der Waals surface area contributed by atoms with Crippen molar-refractivity contribution in [3.05, 3.63) is 12.4 Å². The van der Waals surface area contributed by atoms with E-state index >= 15 is 0 Å². The quantitative estimate of drug-likeness (QED) is 0.764. The first-order valence-corrected chi connectivity index (χ1v) is 5.60. The smallest absolute Gasteiger partial charge is 0.234 e. The van der Waals surface area contributed by atoms with Crippen molar-refractivity contribution in [3.63, 3.8) is 0 Å². The van der Waals surface area contributed by atoms with Crippen LogP contribution in [0.2, 0.25) is 0 Å². The van der Waals surface area contributed by atoms with Gasteiger partial charge in [0.1, 0.15) is 5.82 Å². The van der Waals surface area contributed by atoms with E-state index in [2.05, 4.69) is 22.2 Å². The van der Waals surface area contributed by atoms with Crippen LogP contribution in [0.5, 0.6) is 5.88 Å². The summed E-state index contributed by atoms with van der Waals surface area (Å²) in [6.45, 7) is 6.65. The predicted molar refractivity (Wildman–Crippen MR) is 64.6 cm³/mol. The van der Waals surface area contributed by atoms with Gasteiger partial charge in [-0.1, -0.05) is 6.92 Å². The lowest BCUT2D eigenvalue weighted by Gasteiger charge is -2.12. The van der Waals surface area contributed by atoms with Crippen LogP contribution in [-0.4, -0.2) is 28.7 Å². The van der Waals surface area contributed by atoms with E-state index in [9.17, 15) is 0 Å². The summed E-state index contributed by atoms with van der Waals surface area (Å²) in [7, 11) is 0. The van der Waals surface area contributed by atoms with E-state index in [4.69, 9.17) is 10.5 Å². The van der Waals surface area contributed by atoms with Crippen molar-refractivity contribution < 1.29 is 4.74 Å². The van der Waals surface area contributed by atoms with Gasteiger partial charge in [-0.3, -0.25) is 4.98 Å². The molecule has 0 bridgehead atoms. The van der Waals surface area contributed by atoms with Crippen LogP contribution in [0.4, 0.5) is 5.82 Å². The van der Waals surface area contributed by atoms with Crippen molar-refractivity contribution in [2.45, 2.75) is 39.3 Å². The number of nitrogens with zero attached hydrogens (tertiary/aromatic N) is 2. The minimum absolute atomic E-state index is 0.0995. The molecule has 0 saturated heterocycles. The second kappa shape index (κ2) is 6.27. The molecule has 1 rings (SSSR count). The maximum atomic E-state index is 5.80. The summed E-state index contributed by atoms with van der Waals surface area (Å²) in [5, 5.41) is 3.13. The molecule has 5 nitrogen and oxygen atoms in total. The van der Waals surface area contributed by atoms with E-state index in [0.717, 1.165) is 6.42 Å². The molecule has 5 heteroatoms. The van der Waals surface area contributed by atoms with Gasteiger partial charge in [-0.25, -0.2) is 0 Å². The molecule has 0 aromatic carbocycles. The van der Waals surface area contributed by atoms with Crippen LogP contribution in [0.1, 0.15) is 27.2 Å². The third kappa shape index (κ3) is 4.44. The molecule has 0 radical (unpaired) electrons. The highest BCUT2D eigenvalue weighted by Gasteiger charge is 2.03. The van der Waals surface area contributed by atoms with Crippen molar-refractivity contribution in [3.8, 4) is 5.88 Å². The van der Waals surface area contributed by atoms with Gasteiger partial charge in [0.05, 0.1) is 18.5 Å². The maximum Gasteiger partial charge on any atom is 0.234 e. The standard InChI is InChI=1S/C11H20N4O/c1-4-9(12)5-14-10-6-13-7-11(15-10)16-8(2)3/h6-9H,4-5,12H2,1-3H3,(H,14,15). The van der Waals surface area contributed by atoms with Gasteiger partial charge in [-0.05, 0) is 20.3 Å². The molecule has 3 N–H and O–H groups in total. The number of ether oxygens (including phenoxy) is 1. The van der Waals surface area contributed by atoms with Crippen molar-refractivity contribution in [1.29, 1.82) is 0 Å². The van der Waals surface area contributed by atoms with Gasteiger partial charge in [0, 0.05) is 12.6 Å². The molecule has 0 aliphatic rings. The molecule has 1 unspecified atom stereocenters. The van der Waals surface area contributed by atoms with Crippen LogP contribution in [-0.2, 0) is 0 Å². The Bertz CT molecular complexity index is 317. The van der Waals surface area contributed by atoms with Crippen molar-refractivity contribution >= 4 is 5.82 Å². The summed E-state index contributed by atoms with van der Waals surface area (Å²) in [5.74, 6) is 1.23. The van der Waals surface area contributed by atoms with Crippen molar-refractivity contribution in [2.75, 3.05) is 11.9 Å². The fraction of sp³-hybridized carbons (Fsp3) is 0.636. The number of hydrogen-bond acceptors (Lipinski definition) is 5. The van der Waals surface area contributed by atoms with Crippen molar-refractivity contribution in [1.82, 2.24) is 9.97 Å². The fourth-order valence-corrected chi connectivity index (χ4v) is 1.11. The minimum Gasteiger partial charge on any atom is -0.474 e. The first kappa shape index (κ1) is 12.7. The van der Waals surface area contributed by atoms with Crippen LogP contribution < -0.4 is 15.8 Å². The van der Waals surface area contributed by atoms with E-state index in [1.807, 2.05) is 13.8 Å². The molecule has 1 atom stereocenters. The summed E-state index contributed by atoms with van der Waals surface area (Å²) in [5.41, 5.74) is 5.80. The molecule has 16 heavy (non-hydrogen) atoms. The summed E-state index contributed by atoms with van der Waals surface area (Å²) < 4.78 is 5.44. The highest BCUT2D eigenvalue weighted by molar-refractivity contribution is 5.33. The van der Waals surface area contributed by atoms with E-state index in [1.54, 1.807) is 12.4 Å². The average molecular weight is 224 g/mol. The van der Waals surface area contributed by atoms with Gasteiger partial charge in [0.25, 0.3) is 0 Å². The van der Waals surface area contributed by atoms with Gasteiger partial charge >= 0.3 is 0 Å². The highest BCUT2D eigenvalue weighted by atomic mass is 16.5. The number of nitrogens with two attached hydrogens (primary N) is 1. The largest absolute Gasteiger partial charge is 0.474 e. The Morgan fingerprint density at radius 3 is 2.81 bits per heavy atom. The van der Waals surface area contributed by atoms with Gasteiger partial charge in [0.15, 0.2) is 0 Å². The summed E-state index contributed by atoms with van der Waals surface area (Å²) in [6, 6.07) is 0.136. The molecule has 1 aromatic heterocycles. The number of nitrogens with one attached hydrogen (secondary N) is 1. The molecule has 0 amide bonds. The van der Waals surface area contributed by atoms with Gasteiger partial charge < -0.3 is 15.8 Å². The number of anilines is 1. The SMILES string of the molecule is CCC(N)CNc1cncc(OC(C)C)n1. The highest BCUT2D eigenvalue weighted by Crippen LogP contribution is 2.10. The number of aromatic nitrogens is 2. The third-order valence-corrected chi connectivity index (χ3v) is 2.04. The zero-order chi connectivity index (χ0) is 12.0. The number of hydrogen-bond donors (Lipinski definition) is 2. The van der Waals surface area contributed by atoms with E-state index < -0.39 is 0 Å². The first-order valence-electron chi connectivity index (χ1n) is 5.60. The Hall–Kier alpha value is -1.36. The van der Waals surface area contributed by atoms with Crippen LogP contribution in [0.3, 0.4) is 0 Å². The molecule has 1 heterocycles. The fourth-order valence-electron chi connectivity index (χ4n) is 1.11. The van der Waals surface area contributed by atoms with Crippen molar-refractivity contribution in [2.24, 2.45) is 5.73 Å². The second-order valence-electron chi connectivity index (χ2n) is 3.96. The topological polar surface area (TPSA) is 73.1 Å². The maximum absolute atomic E-state index is 5.80. The average Bonchev–Trinajstić information content (AvgIpc) is 2.25. The molecule has 0 aliphatic carbocycles. The summed E-state index contributed by atoms with van der Waals surface area (Å²) in [6.07, 6.45) is 4.30. The molecule has 1 aromatic rings. The molecule has 0 saturated carbocycles. The van der Waals surface area contributed by atoms with E-state index in [1.165, 1.54) is 0 Å². The van der Waals surface area contributed by atoms with E-state index in [-0.39, 0.29) is 12.1 Å². The Kier molecular flexibility index (Phi) is 4.98. The predicted octanol–water partition coefficient (Wildman–Crippen LogP) is 1.41. The summed E-state index contributed by atoms with van der Waals surface area (Å²) >= 11 is 0. The van der Waals surface area contributed by atoms with Crippen LogP contribution in [0.25, 0.3) is 0 Å². The normalized spacial score (nSPS) is 12.6. The molecule has 0 fully saturated rings. The van der Waals surface area contributed by atoms with Crippen LogP contribution >= 0.6 is 0 Å². The Morgan fingerprint density at radius 2 is 2.19 bits per heavy atom. The lowest BCUT2D eigenvalue weighted by Crippen LogP contribution is -2.28. The van der Waals surface area contributed by atoms with Gasteiger partial charge in [-0.2, -0.15) is 4.98 Å². The van der Waals surface area contributed by atoms with Crippen LogP contribution in [0.15, 0.2) is 12.4 Å². The molecule has 90 valence electrons. The zero-order valence-electron chi connectivity index (χ0n) is 10.1. The van der Waals surface area contributed by atoms with Crippen LogP contribution in [0, 0.1) is 0 Å². The van der Waals surface area contributed by atoms with E-state index in [0.29, 0.717) is 18.2 Å². The summed E-state index contributed by atoms with van der Waals surface area (Å²) in [4.78, 5) is 8.32. The van der Waals surface area contributed by atoms with Gasteiger partial charge in [-0.15, -0.1) is 0 Å². The molecular weight excluding hydrogens is 204 g/mol. The minimum atomic E-state index is 0.0995. The molecule has 0 spiro atoms. The molecular formula is C11H20N4O. The Morgan fingerprint density at radius 1 is 1.44 bits per heavy atom. The molecule has 0 aliphatic heterocycles. The Labute approximate surface area is 96.4 Å². The zero-order valence-corrected chi connectivity index (χ0v) is 10.1. The lowest BCUT2D eigenvalue weighted by molar-refractivity contribution is 0.232. The lowest BCUT2D eigenvalue weighted by atomic mass is 10.2.